The van der Waals surface area contributed by atoms with Crippen molar-refractivity contribution < 1.29 is 9.18 Å². The van der Waals surface area contributed by atoms with Crippen LogP contribution in [0.5, 0.6) is 0 Å². The van der Waals surface area contributed by atoms with Gasteiger partial charge in [0.25, 0.3) is 0 Å². The first kappa shape index (κ1) is 16.1. The van der Waals surface area contributed by atoms with Crippen molar-refractivity contribution in [2.24, 2.45) is 0 Å². The summed E-state index contributed by atoms with van der Waals surface area (Å²) in [5.41, 5.74) is 4.04. The fraction of sp³-hybridized carbons (Fsp3) is 0.353. The highest BCUT2D eigenvalue weighted by atomic mass is 19.1. The zero-order valence-corrected chi connectivity index (χ0v) is 13.4. The second kappa shape index (κ2) is 6.64. The van der Waals surface area contributed by atoms with E-state index in [2.05, 4.69) is 15.2 Å². The summed E-state index contributed by atoms with van der Waals surface area (Å²) in [6.45, 7) is 8.28. The zero-order chi connectivity index (χ0) is 16.3. The van der Waals surface area contributed by atoms with E-state index >= 15 is 0 Å². The summed E-state index contributed by atoms with van der Waals surface area (Å²) in [6.07, 6.45) is 0. The van der Waals surface area contributed by atoms with Crippen molar-refractivity contribution in [2.75, 3.05) is 0 Å². The van der Waals surface area contributed by atoms with Crippen molar-refractivity contribution in [3.05, 3.63) is 53.1 Å². The van der Waals surface area contributed by atoms with Crippen LogP contribution in [0.2, 0.25) is 0 Å². The van der Waals surface area contributed by atoms with Crippen LogP contribution < -0.4 is 10.6 Å². The van der Waals surface area contributed by atoms with Gasteiger partial charge in [-0.3, -0.25) is 0 Å². The van der Waals surface area contributed by atoms with Crippen molar-refractivity contribution >= 4 is 6.03 Å². The molecule has 0 bridgehead atoms. The molecule has 4 nitrogen and oxygen atoms in total. The number of carbonyl (C=O) groups excluding carboxylic acids is 1. The maximum absolute atomic E-state index is 13.1. The molecule has 1 aromatic carbocycles. The summed E-state index contributed by atoms with van der Waals surface area (Å²) in [5.74, 6) is -0.251. The molecule has 0 spiro atoms. The fourth-order valence-electron chi connectivity index (χ4n) is 2.48. The van der Waals surface area contributed by atoms with E-state index in [1.165, 1.54) is 12.1 Å². The average molecular weight is 303 g/mol. The predicted molar refractivity (Wildman–Crippen MR) is 85.7 cm³/mol. The van der Waals surface area contributed by atoms with E-state index in [9.17, 15) is 9.18 Å². The Labute approximate surface area is 130 Å². The Bertz CT molecular complexity index is 659. The number of nitrogens with zero attached hydrogens (tertiary/aromatic N) is 1. The number of hydrogen-bond acceptors (Lipinski definition) is 1. The Morgan fingerprint density at radius 2 is 1.86 bits per heavy atom. The molecule has 118 valence electrons. The molecular formula is C17H22FN3O. The molecule has 0 saturated carbocycles. The molecule has 0 aliphatic carbocycles. The van der Waals surface area contributed by atoms with Crippen LogP contribution in [-0.2, 0) is 6.54 Å². The van der Waals surface area contributed by atoms with Crippen molar-refractivity contribution in [2.45, 2.75) is 40.3 Å². The highest BCUT2D eigenvalue weighted by Crippen LogP contribution is 2.21. The lowest BCUT2D eigenvalue weighted by Gasteiger charge is -2.11. The summed E-state index contributed by atoms with van der Waals surface area (Å²) in [7, 11) is 0. The minimum Gasteiger partial charge on any atom is -0.336 e. The van der Waals surface area contributed by atoms with Gasteiger partial charge in [0.15, 0.2) is 0 Å². The van der Waals surface area contributed by atoms with Gasteiger partial charge in [-0.2, -0.15) is 0 Å². The molecule has 2 amide bonds. The molecule has 2 N–H and O–H groups in total. The molecule has 22 heavy (non-hydrogen) atoms. The SMILES string of the molecule is Cc1cc(CNC(=O)NC(C)C)c(C)n1-c1ccc(F)cc1. The lowest BCUT2D eigenvalue weighted by atomic mass is 10.2. The molecule has 0 unspecified atom stereocenters. The first-order valence-electron chi connectivity index (χ1n) is 7.36. The van der Waals surface area contributed by atoms with E-state index in [1.807, 2.05) is 33.8 Å². The van der Waals surface area contributed by atoms with Gasteiger partial charge in [-0.15, -0.1) is 0 Å². The Balaban J connectivity index is 2.17. The van der Waals surface area contributed by atoms with Gasteiger partial charge in [0.2, 0.25) is 0 Å². The number of nitrogens with one attached hydrogen (secondary N) is 2. The van der Waals surface area contributed by atoms with Crippen LogP contribution in [0, 0.1) is 19.7 Å². The third-order valence-electron chi connectivity index (χ3n) is 3.48. The van der Waals surface area contributed by atoms with Gasteiger partial charge in [-0.05, 0) is 63.6 Å². The highest BCUT2D eigenvalue weighted by Gasteiger charge is 2.12. The van der Waals surface area contributed by atoms with Gasteiger partial charge in [0.05, 0.1) is 0 Å². The van der Waals surface area contributed by atoms with Crippen LogP contribution in [0.4, 0.5) is 9.18 Å². The third kappa shape index (κ3) is 3.67. The zero-order valence-electron chi connectivity index (χ0n) is 13.4. The number of aryl methyl sites for hydroxylation is 1. The molecule has 0 fully saturated rings. The van der Waals surface area contributed by atoms with Crippen molar-refractivity contribution in [3.63, 3.8) is 0 Å². The number of aromatic nitrogens is 1. The predicted octanol–water partition coefficient (Wildman–Crippen LogP) is 3.44. The fourth-order valence-corrected chi connectivity index (χ4v) is 2.48. The number of urea groups is 1. The minimum atomic E-state index is -0.251. The summed E-state index contributed by atoms with van der Waals surface area (Å²) in [5, 5.41) is 5.64. The van der Waals surface area contributed by atoms with E-state index < -0.39 is 0 Å². The van der Waals surface area contributed by atoms with Gasteiger partial charge >= 0.3 is 6.03 Å². The summed E-state index contributed by atoms with van der Waals surface area (Å²) >= 11 is 0. The number of carbonyl (C=O) groups is 1. The standard InChI is InChI=1S/C17H22FN3O/c1-11(2)20-17(22)19-10-14-9-12(3)21(13(14)4)16-7-5-15(18)6-8-16/h5-9,11H,10H2,1-4H3,(H2,19,20,22). The molecule has 5 heteroatoms. The third-order valence-corrected chi connectivity index (χ3v) is 3.48. The van der Waals surface area contributed by atoms with E-state index in [4.69, 9.17) is 0 Å². The normalized spacial score (nSPS) is 10.8. The van der Waals surface area contributed by atoms with E-state index in [0.717, 1.165) is 22.6 Å². The van der Waals surface area contributed by atoms with Crippen LogP contribution in [-0.4, -0.2) is 16.6 Å². The quantitative estimate of drug-likeness (QED) is 0.893. The van der Waals surface area contributed by atoms with Crippen molar-refractivity contribution in [1.29, 1.82) is 0 Å². The lowest BCUT2D eigenvalue weighted by Crippen LogP contribution is -2.39. The Kier molecular flexibility index (Phi) is 4.85. The van der Waals surface area contributed by atoms with Crippen molar-refractivity contribution in [1.82, 2.24) is 15.2 Å². The lowest BCUT2D eigenvalue weighted by molar-refractivity contribution is 0.238. The number of hydrogen-bond donors (Lipinski definition) is 2. The molecule has 2 rings (SSSR count). The van der Waals surface area contributed by atoms with Gasteiger partial charge in [0.1, 0.15) is 5.82 Å². The Hall–Kier alpha value is -2.30. The number of amides is 2. The Morgan fingerprint density at radius 3 is 2.45 bits per heavy atom. The molecule has 0 atom stereocenters. The topological polar surface area (TPSA) is 46.1 Å². The molecular weight excluding hydrogens is 281 g/mol. The second-order valence-corrected chi connectivity index (χ2v) is 5.69. The molecule has 0 aliphatic rings. The summed E-state index contributed by atoms with van der Waals surface area (Å²) in [6, 6.07) is 8.35. The maximum Gasteiger partial charge on any atom is 0.315 e. The maximum atomic E-state index is 13.1. The van der Waals surface area contributed by atoms with Crippen LogP contribution in [0.25, 0.3) is 5.69 Å². The van der Waals surface area contributed by atoms with Crippen LogP contribution in [0.15, 0.2) is 30.3 Å². The molecule has 1 aromatic heterocycles. The van der Waals surface area contributed by atoms with E-state index in [-0.39, 0.29) is 17.9 Å². The number of rotatable bonds is 4. The summed E-state index contributed by atoms with van der Waals surface area (Å²) in [4.78, 5) is 11.7. The number of halogens is 1. The van der Waals surface area contributed by atoms with Crippen molar-refractivity contribution in [3.8, 4) is 5.69 Å². The second-order valence-electron chi connectivity index (χ2n) is 5.69. The molecule has 0 radical (unpaired) electrons. The highest BCUT2D eigenvalue weighted by molar-refractivity contribution is 5.74. The number of benzene rings is 1. The molecule has 1 heterocycles. The van der Waals surface area contributed by atoms with E-state index in [0.29, 0.717) is 6.54 Å². The minimum absolute atomic E-state index is 0.103. The largest absolute Gasteiger partial charge is 0.336 e. The first-order chi connectivity index (χ1) is 10.4. The van der Waals surface area contributed by atoms with Gasteiger partial charge in [0, 0.05) is 29.7 Å². The molecule has 2 aromatic rings. The van der Waals surface area contributed by atoms with Crippen LogP contribution in [0.1, 0.15) is 30.8 Å². The van der Waals surface area contributed by atoms with Gasteiger partial charge in [-0.25, -0.2) is 9.18 Å². The average Bonchev–Trinajstić information content (AvgIpc) is 2.72. The molecule has 0 saturated heterocycles. The molecule has 0 aliphatic heterocycles. The van der Waals surface area contributed by atoms with Crippen LogP contribution in [0.3, 0.4) is 0 Å². The van der Waals surface area contributed by atoms with Crippen LogP contribution >= 0.6 is 0 Å². The van der Waals surface area contributed by atoms with E-state index in [1.54, 1.807) is 12.1 Å². The van der Waals surface area contributed by atoms with Gasteiger partial charge < -0.3 is 15.2 Å². The summed E-state index contributed by atoms with van der Waals surface area (Å²) < 4.78 is 15.1. The monoisotopic (exact) mass is 303 g/mol. The smallest absolute Gasteiger partial charge is 0.315 e. The first-order valence-corrected chi connectivity index (χ1v) is 7.36. The Morgan fingerprint density at radius 1 is 1.23 bits per heavy atom. The van der Waals surface area contributed by atoms with Gasteiger partial charge in [-0.1, -0.05) is 0 Å².